The number of benzene rings is 2. The molecule has 174 valence electrons. The molecule has 0 aliphatic carbocycles. The summed E-state index contributed by atoms with van der Waals surface area (Å²) in [5.74, 6) is 0.173. The Balaban J connectivity index is 0.00000181. The molecule has 2 aromatic carbocycles. The molecule has 2 bridgehead atoms. The summed E-state index contributed by atoms with van der Waals surface area (Å²) in [5, 5.41) is 6.17. The predicted octanol–water partition coefficient (Wildman–Crippen LogP) is -3.45. The maximum atomic E-state index is 12.7. The van der Waals surface area contributed by atoms with Gasteiger partial charge in [0.25, 0.3) is 11.8 Å². The highest BCUT2D eigenvalue weighted by atomic mass is 35.5. The largest absolute Gasteiger partial charge is 1.00 e. The minimum atomic E-state index is 0. The lowest BCUT2D eigenvalue weighted by Gasteiger charge is -2.54. The van der Waals surface area contributed by atoms with Crippen LogP contribution in [0.15, 0.2) is 48.5 Å². The number of piperazine rings is 3. The summed E-state index contributed by atoms with van der Waals surface area (Å²) < 4.78 is 1.69. The maximum Gasteiger partial charge on any atom is 0.279 e. The number of carbonyl (C=O) groups excluding carboxylic acids is 2. The highest BCUT2D eigenvalue weighted by molar-refractivity contribution is 5.93. The van der Waals surface area contributed by atoms with Crippen LogP contribution in [-0.2, 0) is 9.59 Å². The summed E-state index contributed by atoms with van der Waals surface area (Å²) in [6.07, 6.45) is 0. The first-order chi connectivity index (χ1) is 14.4. The van der Waals surface area contributed by atoms with Crippen LogP contribution >= 0.6 is 0 Å². The summed E-state index contributed by atoms with van der Waals surface area (Å²) >= 11 is 0. The van der Waals surface area contributed by atoms with Crippen molar-refractivity contribution >= 4 is 23.2 Å². The second-order valence-electron chi connectivity index (χ2n) is 9.07. The number of rotatable bonds is 6. The smallest absolute Gasteiger partial charge is 0.279 e. The molecule has 8 heteroatoms. The number of carbonyl (C=O) groups is 2. The Morgan fingerprint density at radius 2 is 0.969 bits per heavy atom. The molecule has 3 aliphatic heterocycles. The van der Waals surface area contributed by atoms with E-state index in [1.807, 2.05) is 62.4 Å². The monoisotopic (exact) mass is 478 g/mol. The van der Waals surface area contributed by atoms with Crippen LogP contribution in [0.1, 0.15) is 11.1 Å². The highest BCUT2D eigenvalue weighted by Crippen LogP contribution is 2.27. The molecule has 32 heavy (non-hydrogen) atoms. The van der Waals surface area contributed by atoms with E-state index in [1.165, 1.54) is 0 Å². The Kier molecular flexibility index (Phi) is 8.71. The zero-order valence-corrected chi connectivity index (χ0v) is 20.3. The molecule has 2 N–H and O–H groups in total. The highest BCUT2D eigenvalue weighted by Gasteiger charge is 2.50. The van der Waals surface area contributed by atoms with Crippen LogP contribution in [0.4, 0.5) is 11.4 Å². The van der Waals surface area contributed by atoms with Crippen molar-refractivity contribution in [2.45, 2.75) is 13.8 Å². The van der Waals surface area contributed by atoms with E-state index >= 15 is 0 Å². The van der Waals surface area contributed by atoms with Crippen molar-refractivity contribution in [1.82, 2.24) is 0 Å². The minimum Gasteiger partial charge on any atom is -1.00 e. The molecule has 3 heterocycles. The van der Waals surface area contributed by atoms with Gasteiger partial charge in [-0.05, 0) is 37.1 Å². The van der Waals surface area contributed by atoms with Crippen molar-refractivity contribution < 1.29 is 43.4 Å². The van der Waals surface area contributed by atoms with Gasteiger partial charge in [0.2, 0.25) is 0 Å². The van der Waals surface area contributed by atoms with Gasteiger partial charge in [0.1, 0.15) is 39.3 Å². The maximum absolute atomic E-state index is 12.7. The van der Waals surface area contributed by atoms with Crippen molar-refractivity contribution in [2.24, 2.45) is 0 Å². The van der Waals surface area contributed by atoms with Gasteiger partial charge in [-0.2, -0.15) is 0 Å². The molecular formula is C24H32Cl2N4O2. The summed E-state index contributed by atoms with van der Waals surface area (Å²) in [6.45, 7) is 10.8. The molecule has 2 amide bonds. The number of hydrogen-bond donors (Lipinski definition) is 2. The summed E-state index contributed by atoms with van der Waals surface area (Å²) in [4.78, 5) is 25.4. The van der Waals surface area contributed by atoms with E-state index in [9.17, 15) is 9.59 Å². The van der Waals surface area contributed by atoms with Gasteiger partial charge in [-0.15, -0.1) is 0 Å². The number of hydrogen-bond acceptors (Lipinski definition) is 2. The number of halogens is 2. The number of para-hydroxylation sites is 2. The molecule has 0 unspecified atom stereocenters. The first-order valence-corrected chi connectivity index (χ1v) is 10.8. The van der Waals surface area contributed by atoms with E-state index in [4.69, 9.17) is 0 Å². The van der Waals surface area contributed by atoms with Gasteiger partial charge in [0, 0.05) is 11.4 Å². The van der Waals surface area contributed by atoms with E-state index < -0.39 is 0 Å². The summed E-state index contributed by atoms with van der Waals surface area (Å²) in [5.41, 5.74) is 3.96. The topological polar surface area (TPSA) is 58.2 Å². The van der Waals surface area contributed by atoms with Crippen LogP contribution in [0.25, 0.3) is 0 Å². The van der Waals surface area contributed by atoms with Gasteiger partial charge in [0.15, 0.2) is 13.1 Å². The van der Waals surface area contributed by atoms with Crippen molar-refractivity contribution in [3.05, 3.63) is 59.7 Å². The third-order valence-corrected chi connectivity index (χ3v) is 6.94. The normalized spacial score (nSPS) is 23.4. The van der Waals surface area contributed by atoms with Gasteiger partial charge < -0.3 is 44.4 Å². The fourth-order valence-electron chi connectivity index (χ4n) is 4.83. The van der Waals surface area contributed by atoms with Crippen molar-refractivity contribution in [3.8, 4) is 0 Å². The lowest BCUT2D eigenvalue weighted by molar-refractivity contribution is -1.07. The Bertz CT molecular complexity index is 864. The molecule has 3 aliphatic rings. The SMILES string of the molecule is Cc1ccccc1NC(=O)C[N+]12CC[N+](CC(=O)Nc3ccccc3C)(CC1)CC2.[Cl-].[Cl-]. The lowest BCUT2D eigenvalue weighted by Crippen LogP contribution is -3.00. The van der Waals surface area contributed by atoms with Crippen molar-refractivity contribution in [1.29, 1.82) is 0 Å². The third kappa shape index (κ3) is 5.81. The van der Waals surface area contributed by atoms with E-state index in [-0.39, 0.29) is 36.6 Å². The van der Waals surface area contributed by atoms with Gasteiger partial charge in [-0.3, -0.25) is 9.59 Å². The molecule has 2 aromatic rings. The fourth-order valence-corrected chi connectivity index (χ4v) is 4.83. The zero-order valence-electron chi connectivity index (χ0n) is 18.7. The molecule has 0 saturated carbocycles. The lowest BCUT2D eigenvalue weighted by atomic mass is 10.1. The summed E-state index contributed by atoms with van der Waals surface area (Å²) in [6, 6.07) is 15.8. The second-order valence-corrected chi connectivity index (χ2v) is 9.07. The molecule has 0 aromatic heterocycles. The van der Waals surface area contributed by atoms with E-state index in [1.54, 1.807) is 0 Å². The van der Waals surface area contributed by atoms with Crippen molar-refractivity contribution in [3.63, 3.8) is 0 Å². The number of fused-ring (bicyclic) bond motifs is 3. The molecule has 0 atom stereocenters. The molecule has 0 spiro atoms. The average Bonchev–Trinajstić information content (AvgIpc) is 2.73. The predicted molar refractivity (Wildman–Crippen MR) is 119 cm³/mol. The van der Waals surface area contributed by atoms with Gasteiger partial charge in [-0.25, -0.2) is 0 Å². The Hall–Kier alpha value is -2.12. The van der Waals surface area contributed by atoms with Crippen LogP contribution in [0.3, 0.4) is 0 Å². The van der Waals surface area contributed by atoms with E-state index in [0.29, 0.717) is 13.1 Å². The zero-order chi connectivity index (χ0) is 21.2. The average molecular weight is 479 g/mol. The van der Waals surface area contributed by atoms with Gasteiger partial charge in [0.05, 0.1) is 0 Å². The number of aryl methyl sites for hydroxylation is 2. The van der Waals surface area contributed by atoms with Crippen LogP contribution in [0.2, 0.25) is 0 Å². The molecule has 5 rings (SSSR count). The Morgan fingerprint density at radius 3 is 1.28 bits per heavy atom. The van der Waals surface area contributed by atoms with E-state index in [2.05, 4.69) is 10.6 Å². The number of nitrogens with one attached hydrogen (secondary N) is 2. The minimum absolute atomic E-state index is 0. The van der Waals surface area contributed by atoms with Crippen molar-refractivity contribution in [2.75, 3.05) is 63.0 Å². The van der Waals surface area contributed by atoms with Crippen LogP contribution in [0, 0.1) is 13.8 Å². The molecule has 3 saturated heterocycles. The fraction of sp³-hybridized carbons (Fsp3) is 0.417. The molecule has 3 fully saturated rings. The standard InChI is InChI=1S/C24H30N4O2.2ClH/c1-19-7-3-5-9-21(19)25-23(29)17-27-11-14-28(15-12-27,16-13-27)18-24(30)26-22-10-6-4-8-20(22)2;;/h3-10H,11-18H2,1-2H3;2*1H. The van der Waals surface area contributed by atoms with Crippen LogP contribution in [0.5, 0.6) is 0 Å². The molecule has 6 nitrogen and oxygen atoms in total. The first kappa shape index (κ1) is 26.1. The molecule has 0 radical (unpaired) electrons. The summed E-state index contributed by atoms with van der Waals surface area (Å²) in [7, 11) is 0. The van der Waals surface area contributed by atoms with Gasteiger partial charge in [-0.1, -0.05) is 36.4 Å². The number of amides is 2. The third-order valence-electron chi connectivity index (χ3n) is 6.94. The second kappa shape index (κ2) is 10.7. The quantitative estimate of drug-likeness (QED) is 0.424. The number of quaternary nitrogens is 2. The van der Waals surface area contributed by atoms with E-state index in [0.717, 1.165) is 70.7 Å². The van der Waals surface area contributed by atoms with Gasteiger partial charge >= 0.3 is 0 Å². The van der Waals surface area contributed by atoms with Crippen LogP contribution < -0.4 is 35.4 Å². The number of nitrogens with zero attached hydrogens (tertiary/aromatic N) is 2. The Labute approximate surface area is 203 Å². The van der Waals surface area contributed by atoms with Crippen LogP contribution in [-0.4, -0.2) is 73.1 Å². The number of anilines is 2. The Morgan fingerprint density at radius 1 is 0.656 bits per heavy atom. The first-order valence-electron chi connectivity index (χ1n) is 10.8. The molecular weight excluding hydrogens is 447 g/mol.